The van der Waals surface area contributed by atoms with E-state index in [0.717, 1.165) is 12.2 Å². The van der Waals surface area contributed by atoms with Crippen molar-refractivity contribution in [1.29, 1.82) is 0 Å². The van der Waals surface area contributed by atoms with Crippen molar-refractivity contribution in [2.45, 2.75) is 39.5 Å². The number of aromatic amines is 1. The third kappa shape index (κ3) is 5.80. The second-order valence-corrected chi connectivity index (χ2v) is 3.92. The van der Waals surface area contributed by atoms with Crippen LogP contribution in [0.1, 0.15) is 37.7 Å². The second kappa shape index (κ2) is 7.54. The Morgan fingerprint density at radius 2 is 2.29 bits per heavy atom. The molecule has 1 aliphatic rings. The molecule has 2 heterocycles. The van der Waals surface area contributed by atoms with Crippen molar-refractivity contribution in [1.82, 2.24) is 9.97 Å². The van der Waals surface area contributed by atoms with Gasteiger partial charge in [-0.15, -0.1) is 0 Å². The number of carbonyl (C=O) groups is 1. The van der Waals surface area contributed by atoms with Crippen LogP contribution in [-0.4, -0.2) is 22.0 Å². The van der Waals surface area contributed by atoms with Gasteiger partial charge in [0.2, 0.25) is 0 Å². The maximum Gasteiger partial charge on any atom is 0.162 e. The standard InChI is InChI=1S/C8H14N2.C5H5NO/c1-3-4-5-8-6-9-7(2)10-8;7-5-1-3-6-4-2-5/h6H,3-5H2,1-2H3,(H,9,10);1,3-4H,2H2. The van der Waals surface area contributed by atoms with Crippen molar-refractivity contribution in [3.8, 4) is 0 Å². The second-order valence-electron chi connectivity index (χ2n) is 3.92. The first-order valence-electron chi connectivity index (χ1n) is 5.94. The van der Waals surface area contributed by atoms with Gasteiger partial charge in [0.1, 0.15) is 5.82 Å². The lowest BCUT2D eigenvalue weighted by atomic mass is 10.2. The fourth-order valence-electron chi connectivity index (χ4n) is 1.36. The van der Waals surface area contributed by atoms with Gasteiger partial charge in [0.05, 0.1) is 0 Å². The van der Waals surface area contributed by atoms with E-state index in [2.05, 4.69) is 21.9 Å². The summed E-state index contributed by atoms with van der Waals surface area (Å²) in [6.07, 6.45) is 10.6. The van der Waals surface area contributed by atoms with Crippen LogP contribution < -0.4 is 0 Å². The number of aromatic nitrogens is 2. The molecule has 0 spiro atoms. The number of aryl methyl sites for hydroxylation is 2. The molecule has 1 aliphatic heterocycles. The molecule has 2 rings (SSSR count). The minimum atomic E-state index is 0.134. The van der Waals surface area contributed by atoms with Crippen LogP contribution >= 0.6 is 0 Å². The fraction of sp³-hybridized carbons (Fsp3) is 0.462. The molecule has 0 radical (unpaired) electrons. The molecule has 0 atom stereocenters. The molecule has 0 saturated heterocycles. The third-order valence-electron chi connectivity index (χ3n) is 2.30. The SMILES string of the molecule is CCCCc1cnc(C)[nH]1.O=C1C=CN=CC1. The van der Waals surface area contributed by atoms with Crippen molar-refractivity contribution in [2.75, 3.05) is 0 Å². The minimum Gasteiger partial charge on any atom is -0.346 e. The molecular weight excluding hydrogens is 214 g/mol. The molecule has 1 N–H and O–H groups in total. The smallest absolute Gasteiger partial charge is 0.162 e. The number of hydrogen-bond donors (Lipinski definition) is 1. The summed E-state index contributed by atoms with van der Waals surface area (Å²) < 4.78 is 0. The fourth-order valence-corrected chi connectivity index (χ4v) is 1.36. The van der Waals surface area contributed by atoms with Gasteiger partial charge in [0, 0.05) is 30.7 Å². The molecule has 0 fully saturated rings. The number of aliphatic imine (C=N–C) groups is 1. The van der Waals surface area contributed by atoms with Crippen molar-refractivity contribution in [2.24, 2.45) is 4.99 Å². The summed E-state index contributed by atoms with van der Waals surface area (Å²) in [5.74, 6) is 1.15. The number of ketones is 1. The van der Waals surface area contributed by atoms with E-state index in [1.54, 1.807) is 6.21 Å². The van der Waals surface area contributed by atoms with Gasteiger partial charge in [-0.3, -0.25) is 9.79 Å². The molecule has 1 aromatic rings. The highest BCUT2D eigenvalue weighted by molar-refractivity contribution is 6.00. The summed E-state index contributed by atoms with van der Waals surface area (Å²) in [6, 6.07) is 0. The number of nitrogens with one attached hydrogen (secondary N) is 1. The van der Waals surface area contributed by atoms with Crippen LogP contribution in [0.2, 0.25) is 0 Å². The van der Waals surface area contributed by atoms with Gasteiger partial charge < -0.3 is 4.98 Å². The van der Waals surface area contributed by atoms with Crippen LogP contribution in [0.5, 0.6) is 0 Å². The molecule has 1 aromatic heterocycles. The van der Waals surface area contributed by atoms with E-state index in [1.165, 1.54) is 30.8 Å². The van der Waals surface area contributed by atoms with Crippen LogP contribution in [0.3, 0.4) is 0 Å². The largest absolute Gasteiger partial charge is 0.346 e. The van der Waals surface area contributed by atoms with Crippen molar-refractivity contribution >= 4 is 12.0 Å². The van der Waals surface area contributed by atoms with E-state index < -0.39 is 0 Å². The molecule has 0 aromatic carbocycles. The highest BCUT2D eigenvalue weighted by Crippen LogP contribution is 2.01. The maximum absolute atomic E-state index is 10.3. The molecule has 4 heteroatoms. The Hall–Kier alpha value is -1.71. The van der Waals surface area contributed by atoms with Gasteiger partial charge in [-0.1, -0.05) is 13.3 Å². The first-order chi connectivity index (χ1) is 8.22. The third-order valence-corrected chi connectivity index (χ3v) is 2.30. The summed E-state index contributed by atoms with van der Waals surface area (Å²) in [5.41, 5.74) is 1.26. The number of unbranched alkanes of at least 4 members (excludes halogenated alkanes) is 1. The quantitative estimate of drug-likeness (QED) is 0.872. The normalized spacial score (nSPS) is 13.4. The van der Waals surface area contributed by atoms with Crippen LogP contribution in [0.25, 0.3) is 0 Å². The molecule has 0 bridgehead atoms. The molecular formula is C13H19N3O. The number of rotatable bonds is 3. The molecule has 0 unspecified atom stereocenters. The monoisotopic (exact) mass is 233 g/mol. The van der Waals surface area contributed by atoms with Gasteiger partial charge in [-0.2, -0.15) is 0 Å². The highest BCUT2D eigenvalue weighted by atomic mass is 16.1. The van der Waals surface area contributed by atoms with E-state index in [9.17, 15) is 4.79 Å². The Labute approximate surface area is 102 Å². The number of H-pyrrole nitrogens is 1. The van der Waals surface area contributed by atoms with E-state index in [1.807, 2.05) is 13.1 Å². The lowest BCUT2D eigenvalue weighted by Crippen LogP contribution is -1.95. The number of hydrogen-bond acceptors (Lipinski definition) is 3. The van der Waals surface area contributed by atoms with Gasteiger partial charge in [-0.05, 0) is 25.8 Å². The molecule has 4 nitrogen and oxygen atoms in total. The van der Waals surface area contributed by atoms with E-state index in [0.29, 0.717) is 6.42 Å². The summed E-state index contributed by atoms with van der Waals surface area (Å²) >= 11 is 0. The number of carbonyl (C=O) groups excluding carboxylic acids is 1. The summed E-state index contributed by atoms with van der Waals surface area (Å²) in [4.78, 5) is 21.3. The van der Waals surface area contributed by atoms with Gasteiger partial charge in [0.15, 0.2) is 5.78 Å². The summed E-state index contributed by atoms with van der Waals surface area (Å²) in [7, 11) is 0. The zero-order valence-electron chi connectivity index (χ0n) is 10.4. The zero-order chi connectivity index (χ0) is 12.5. The molecule has 0 saturated carbocycles. The average Bonchev–Trinajstić information content (AvgIpc) is 2.74. The van der Waals surface area contributed by atoms with Crippen LogP contribution in [0, 0.1) is 6.92 Å². The summed E-state index contributed by atoms with van der Waals surface area (Å²) in [5, 5.41) is 0. The molecule has 0 amide bonds. The van der Waals surface area contributed by atoms with Crippen LogP contribution in [0.4, 0.5) is 0 Å². The van der Waals surface area contributed by atoms with Crippen LogP contribution in [-0.2, 0) is 11.2 Å². The number of imidazole rings is 1. The Kier molecular flexibility index (Phi) is 5.93. The van der Waals surface area contributed by atoms with Gasteiger partial charge in [0.25, 0.3) is 0 Å². The van der Waals surface area contributed by atoms with Crippen LogP contribution in [0.15, 0.2) is 23.5 Å². The predicted octanol–water partition coefficient (Wildman–Crippen LogP) is 2.60. The first-order valence-corrected chi connectivity index (χ1v) is 5.94. The van der Waals surface area contributed by atoms with Gasteiger partial charge in [-0.25, -0.2) is 4.98 Å². The topological polar surface area (TPSA) is 58.1 Å². The maximum atomic E-state index is 10.3. The molecule has 0 aliphatic carbocycles. The number of allylic oxidation sites excluding steroid dienone is 1. The lowest BCUT2D eigenvalue weighted by Gasteiger charge is -1.91. The summed E-state index contributed by atoms with van der Waals surface area (Å²) in [6.45, 7) is 4.18. The van der Waals surface area contributed by atoms with Crippen molar-refractivity contribution < 1.29 is 4.79 Å². The first kappa shape index (κ1) is 13.4. The van der Waals surface area contributed by atoms with E-state index in [-0.39, 0.29) is 5.78 Å². The number of nitrogens with zero attached hydrogens (tertiary/aromatic N) is 2. The van der Waals surface area contributed by atoms with Crippen molar-refractivity contribution in [3.05, 3.63) is 30.0 Å². The lowest BCUT2D eigenvalue weighted by molar-refractivity contribution is -0.113. The molecule has 92 valence electrons. The van der Waals surface area contributed by atoms with E-state index >= 15 is 0 Å². The highest BCUT2D eigenvalue weighted by Gasteiger charge is 1.94. The Morgan fingerprint density at radius 3 is 2.71 bits per heavy atom. The minimum absolute atomic E-state index is 0.134. The Morgan fingerprint density at radius 1 is 1.47 bits per heavy atom. The predicted molar refractivity (Wildman–Crippen MR) is 69.2 cm³/mol. The van der Waals surface area contributed by atoms with E-state index in [4.69, 9.17) is 0 Å². The van der Waals surface area contributed by atoms with Crippen molar-refractivity contribution in [3.63, 3.8) is 0 Å². The Bertz CT molecular complexity index is 405. The average molecular weight is 233 g/mol. The molecule has 17 heavy (non-hydrogen) atoms. The Balaban J connectivity index is 0.000000181. The zero-order valence-corrected chi connectivity index (χ0v) is 10.4. The van der Waals surface area contributed by atoms with Gasteiger partial charge >= 0.3 is 0 Å².